The molecule has 0 atom stereocenters. The molecule has 0 aliphatic heterocycles. The lowest BCUT2D eigenvalue weighted by molar-refractivity contribution is 0.00623. The summed E-state index contributed by atoms with van der Waals surface area (Å²) in [6, 6.07) is 0. The monoisotopic (exact) mass is 234 g/mol. The average Bonchev–Trinajstić information content (AvgIpc) is 2.57. The number of ether oxygens (including phenoxy) is 1. The molecule has 0 saturated heterocycles. The summed E-state index contributed by atoms with van der Waals surface area (Å²) in [4.78, 5) is 15.8. The van der Waals surface area contributed by atoms with Crippen molar-refractivity contribution in [3.05, 3.63) is 23.9 Å². The van der Waals surface area contributed by atoms with E-state index >= 15 is 0 Å². The first-order chi connectivity index (χ1) is 7.87. The van der Waals surface area contributed by atoms with Gasteiger partial charge in [0.1, 0.15) is 11.4 Å². The van der Waals surface area contributed by atoms with Gasteiger partial charge in [0.15, 0.2) is 11.3 Å². The van der Waals surface area contributed by atoms with Crippen molar-refractivity contribution in [2.45, 2.75) is 33.3 Å². The third-order valence-corrected chi connectivity index (χ3v) is 2.07. The molecular weight excluding hydrogens is 220 g/mol. The number of esters is 1. The van der Waals surface area contributed by atoms with Crippen LogP contribution in [-0.2, 0) is 4.74 Å². The van der Waals surface area contributed by atoms with Crippen molar-refractivity contribution >= 4 is 11.6 Å². The maximum absolute atomic E-state index is 11.8. The number of hydrogen-bond acceptors (Lipinski definition) is 5. The third kappa shape index (κ3) is 2.41. The van der Waals surface area contributed by atoms with E-state index in [0.717, 1.165) is 0 Å². The van der Waals surface area contributed by atoms with Gasteiger partial charge in [0.2, 0.25) is 0 Å². The molecule has 2 rings (SSSR count). The van der Waals surface area contributed by atoms with E-state index < -0.39 is 11.6 Å². The predicted octanol–water partition coefficient (Wildman–Crippen LogP) is 1.39. The van der Waals surface area contributed by atoms with E-state index in [9.17, 15) is 4.79 Å². The largest absolute Gasteiger partial charge is 0.455 e. The Kier molecular flexibility index (Phi) is 2.57. The number of hydrogen-bond donors (Lipinski definition) is 0. The molecule has 0 aromatic carbocycles. The van der Waals surface area contributed by atoms with Crippen LogP contribution < -0.4 is 0 Å². The second-order valence-electron chi connectivity index (χ2n) is 4.75. The lowest BCUT2D eigenvalue weighted by Gasteiger charge is -2.18. The second-order valence-corrected chi connectivity index (χ2v) is 4.75. The molecule has 0 aliphatic carbocycles. The van der Waals surface area contributed by atoms with Gasteiger partial charge in [-0.2, -0.15) is 0 Å². The van der Waals surface area contributed by atoms with E-state index in [2.05, 4.69) is 15.2 Å². The number of carbonyl (C=O) groups is 1. The van der Waals surface area contributed by atoms with Gasteiger partial charge in [0.05, 0.1) is 6.20 Å². The fraction of sp³-hybridized carbons (Fsp3) is 0.455. The van der Waals surface area contributed by atoms with Gasteiger partial charge in [-0.05, 0) is 27.7 Å². The lowest BCUT2D eigenvalue weighted by atomic mass is 10.2. The molecule has 0 spiro atoms. The minimum absolute atomic E-state index is 0.246. The minimum atomic E-state index is -0.532. The van der Waals surface area contributed by atoms with Crippen LogP contribution in [0.15, 0.2) is 12.4 Å². The molecule has 0 bridgehead atoms. The first-order valence-corrected chi connectivity index (χ1v) is 5.27. The highest BCUT2D eigenvalue weighted by atomic mass is 16.6. The van der Waals surface area contributed by atoms with Gasteiger partial charge in [0.25, 0.3) is 0 Å². The SMILES string of the molecule is Cc1nnc2cnc(C(=O)OC(C)(C)C)cn12. The zero-order valence-corrected chi connectivity index (χ0v) is 10.3. The Morgan fingerprint density at radius 1 is 1.35 bits per heavy atom. The molecular formula is C11H14N4O2. The van der Waals surface area contributed by atoms with Crippen molar-refractivity contribution in [3.8, 4) is 0 Å². The summed E-state index contributed by atoms with van der Waals surface area (Å²) in [6.45, 7) is 7.24. The number of rotatable bonds is 1. The first-order valence-electron chi connectivity index (χ1n) is 5.27. The Morgan fingerprint density at radius 3 is 2.71 bits per heavy atom. The van der Waals surface area contributed by atoms with Gasteiger partial charge in [-0.1, -0.05) is 0 Å². The van der Waals surface area contributed by atoms with Crippen LogP contribution in [0.1, 0.15) is 37.1 Å². The van der Waals surface area contributed by atoms with E-state index in [4.69, 9.17) is 4.74 Å². The second kappa shape index (κ2) is 3.80. The maximum Gasteiger partial charge on any atom is 0.358 e. The van der Waals surface area contributed by atoms with Crippen molar-refractivity contribution in [2.75, 3.05) is 0 Å². The van der Waals surface area contributed by atoms with Crippen LogP contribution in [0.25, 0.3) is 5.65 Å². The summed E-state index contributed by atoms with van der Waals surface area (Å²) in [5, 5.41) is 7.78. The number of aromatic nitrogens is 4. The van der Waals surface area contributed by atoms with Crippen molar-refractivity contribution in [2.24, 2.45) is 0 Å². The summed E-state index contributed by atoms with van der Waals surface area (Å²) < 4.78 is 6.93. The number of carbonyl (C=O) groups excluding carboxylic acids is 1. The highest BCUT2D eigenvalue weighted by Crippen LogP contribution is 2.11. The van der Waals surface area contributed by atoms with Gasteiger partial charge in [-0.15, -0.1) is 10.2 Å². The van der Waals surface area contributed by atoms with Crippen molar-refractivity contribution < 1.29 is 9.53 Å². The van der Waals surface area contributed by atoms with Crippen LogP contribution in [0.5, 0.6) is 0 Å². The Hall–Kier alpha value is -1.98. The molecule has 2 aromatic rings. The molecule has 2 heterocycles. The molecule has 0 unspecified atom stereocenters. The van der Waals surface area contributed by atoms with Crippen LogP contribution in [0.2, 0.25) is 0 Å². The summed E-state index contributed by atoms with van der Waals surface area (Å²) in [6.07, 6.45) is 3.08. The van der Waals surface area contributed by atoms with Gasteiger partial charge in [0, 0.05) is 6.20 Å². The standard InChI is InChI=1S/C11H14N4O2/c1-7-13-14-9-5-12-8(6-15(7)9)10(16)17-11(2,3)4/h5-6H,1-4H3. The number of aryl methyl sites for hydroxylation is 1. The lowest BCUT2D eigenvalue weighted by Crippen LogP contribution is -2.24. The fourth-order valence-electron chi connectivity index (χ4n) is 1.35. The van der Waals surface area contributed by atoms with Gasteiger partial charge >= 0.3 is 5.97 Å². The Morgan fingerprint density at radius 2 is 2.06 bits per heavy atom. The van der Waals surface area contributed by atoms with Crippen LogP contribution in [-0.4, -0.2) is 31.2 Å². The highest BCUT2D eigenvalue weighted by Gasteiger charge is 2.19. The zero-order chi connectivity index (χ0) is 12.6. The molecule has 17 heavy (non-hydrogen) atoms. The van der Waals surface area contributed by atoms with E-state index in [1.54, 1.807) is 17.5 Å². The average molecular weight is 234 g/mol. The van der Waals surface area contributed by atoms with Gasteiger partial charge in [-0.25, -0.2) is 9.78 Å². The summed E-state index contributed by atoms with van der Waals surface area (Å²) in [5.41, 5.74) is 0.320. The topological polar surface area (TPSA) is 69.4 Å². The van der Waals surface area contributed by atoms with Gasteiger partial charge < -0.3 is 4.74 Å². The zero-order valence-electron chi connectivity index (χ0n) is 10.3. The fourth-order valence-corrected chi connectivity index (χ4v) is 1.35. The molecule has 6 nitrogen and oxygen atoms in total. The maximum atomic E-state index is 11.8. The number of nitrogens with zero attached hydrogens (tertiary/aromatic N) is 4. The Labute approximate surface area is 98.6 Å². The summed E-state index contributed by atoms with van der Waals surface area (Å²) >= 11 is 0. The van der Waals surface area contributed by atoms with Crippen molar-refractivity contribution in [3.63, 3.8) is 0 Å². The van der Waals surface area contributed by atoms with Crippen molar-refractivity contribution in [1.82, 2.24) is 19.6 Å². The molecule has 0 amide bonds. The molecule has 0 aliphatic rings. The first kappa shape index (κ1) is 11.5. The van der Waals surface area contributed by atoms with E-state index in [1.807, 2.05) is 20.8 Å². The quantitative estimate of drug-likeness (QED) is 0.697. The smallest absolute Gasteiger partial charge is 0.358 e. The van der Waals surface area contributed by atoms with E-state index in [0.29, 0.717) is 11.5 Å². The number of fused-ring (bicyclic) bond motifs is 1. The molecule has 0 N–H and O–H groups in total. The van der Waals surface area contributed by atoms with E-state index in [1.165, 1.54) is 6.20 Å². The minimum Gasteiger partial charge on any atom is -0.455 e. The molecule has 90 valence electrons. The molecule has 6 heteroatoms. The van der Waals surface area contributed by atoms with Crippen molar-refractivity contribution in [1.29, 1.82) is 0 Å². The third-order valence-electron chi connectivity index (χ3n) is 2.07. The molecule has 2 aromatic heterocycles. The summed E-state index contributed by atoms with van der Waals surface area (Å²) in [7, 11) is 0. The van der Waals surface area contributed by atoms with Crippen LogP contribution in [0.4, 0.5) is 0 Å². The van der Waals surface area contributed by atoms with Crippen LogP contribution in [0.3, 0.4) is 0 Å². The molecule has 0 saturated carbocycles. The Balaban J connectivity index is 2.36. The molecule has 0 radical (unpaired) electrons. The Bertz CT molecular complexity index is 568. The van der Waals surface area contributed by atoms with Crippen LogP contribution in [0, 0.1) is 6.92 Å². The molecule has 0 fully saturated rings. The van der Waals surface area contributed by atoms with E-state index in [-0.39, 0.29) is 5.69 Å². The highest BCUT2D eigenvalue weighted by molar-refractivity contribution is 5.87. The normalized spacial score (nSPS) is 11.8. The van der Waals surface area contributed by atoms with Gasteiger partial charge in [-0.3, -0.25) is 4.40 Å². The summed E-state index contributed by atoms with van der Waals surface area (Å²) in [5.74, 6) is 0.250. The van der Waals surface area contributed by atoms with Crippen LogP contribution >= 0.6 is 0 Å². The predicted molar refractivity (Wildman–Crippen MR) is 60.7 cm³/mol.